The Kier molecular flexibility index (Phi) is 4.33. The lowest BCUT2D eigenvalue weighted by atomic mass is 9.76. The molecule has 1 aromatic rings. The molecule has 1 unspecified atom stereocenters. The lowest BCUT2D eigenvalue weighted by molar-refractivity contribution is -0.150. The van der Waals surface area contributed by atoms with Crippen molar-refractivity contribution in [3.05, 3.63) is 12.4 Å². The molecule has 4 heterocycles. The third kappa shape index (κ3) is 3.09. The number of likely N-dealkylation sites (tertiary alicyclic amines) is 1. The van der Waals surface area contributed by atoms with Crippen LogP contribution in [-0.2, 0) is 19.6 Å². The van der Waals surface area contributed by atoms with Gasteiger partial charge in [0.2, 0.25) is 10.0 Å². The number of aromatic amines is 1. The molecule has 0 saturated carbocycles. The van der Waals surface area contributed by atoms with Gasteiger partial charge in [0, 0.05) is 32.3 Å². The van der Waals surface area contributed by atoms with Crippen LogP contribution >= 0.6 is 0 Å². The Hall–Kier alpha value is -1.45. The van der Waals surface area contributed by atoms with Crippen molar-refractivity contribution < 1.29 is 17.9 Å². The van der Waals surface area contributed by atoms with Gasteiger partial charge in [0.05, 0.1) is 11.6 Å². The van der Waals surface area contributed by atoms with E-state index < -0.39 is 15.4 Å². The van der Waals surface area contributed by atoms with Crippen LogP contribution in [0.15, 0.2) is 17.3 Å². The van der Waals surface area contributed by atoms with Crippen molar-refractivity contribution in [2.45, 2.75) is 43.1 Å². The molecule has 1 aromatic heterocycles. The van der Waals surface area contributed by atoms with E-state index in [1.165, 1.54) is 29.5 Å². The summed E-state index contributed by atoms with van der Waals surface area (Å²) in [6, 6.07) is 0. The summed E-state index contributed by atoms with van der Waals surface area (Å²) in [7, 11) is -3.54. The van der Waals surface area contributed by atoms with Crippen LogP contribution in [0.5, 0.6) is 0 Å². The van der Waals surface area contributed by atoms with E-state index in [9.17, 15) is 13.2 Å². The zero-order valence-corrected chi connectivity index (χ0v) is 15.0. The Morgan fingerprint density at radius 2 is 1.96 bits per heavy atom. The van der Waals surface area contributed by atoms with Crippen molar-refractivity contribution in [2.24, 2.45) is 5.41 Å². The monoisotopic (exact) mass is 368 g/mol. The van der Waals surface area contributed by atoms with Crippen LogP contribution in [0, 0.1) is 5.41 Å². The number of ether oxygens (including phenoxy) is 1. The second-order valence-corrected chi connectivity index (χ2v) is 9.30. The molecular formula is C16H24N4O4S. The summed E-state index contributed by atoms with van der Waals surface area (Å²) in [4.78, 5) is 15.0. The highest BCUT2D eigenvalue weighted by Crippen LogP contribution is 2.44. The van der Waals surface area contributed by atoms with Crippen molar-refractivity contribution in [1.29, 1.82) is 0 Å². The van der Waals surface area contributed by atoms with Crippen LogP contribution < -0.4 is 0 Å². The maximum Gasteiger partial charge on any atom is 0.312 e. The number of aromatic nitrogens is 2. The van der Waals surface area contributed by atoms with Crippen LogP contribution in [0.3, 0.4) is 0 Å². The number of nitrogens with one attached hydrogen (secondary N) is 1. The molecule has 0 radical (unpaired) electrons. The van der Waals surface area contributed by atoms with E-state index in [-0.39, 0.29) is 17.0 Å². The van der Waals surface area contributed by atoms with Crippen LogP contribution in [0.2, 0.25) is 0 Å². The molecule has 1 N–H and O–H groups in total. The Bertz CT molecular complexity index is 719. The van der Waals surface area contributed by atoms with Gasteiger partial charge in [-0.05, 0) is 38.8 Å². The molecule has 3 fully saturated rings. The topological polar surface area (TPSA) is 95.6 Å². The fraction of sp³-hybridized carbons (Fsp3) is 0.750. The fourth-order valence-corrected chi connectivity index (χ4v) is 5.63. The van der Waals surface area contributed by atoms with Crippen LogP contribution in [0.25, 0.3) is 0 Å². The standard InChI is InChI=1S/C16H24N4O4S/c21-15-16(9-13(24-15)12-19-5-1-2-6-19)3-7-20(8-4-16)25(22,23)14-10-17-18-11-14/h10-11,13H,1-9,12H2,(H,17,18). The van der Waals surface area contributed by atoms with Gasteiger partial charge in [0.15, 0.2) is 0 Å². The van der Waals surface area contributed by atoms with Gasteiger partial charge >= 0.3 is 5.97 Å². The predicted molar refractivity (Wildman–Crippen MR) is 89.2 cm³/mol. The molecule has 8 nitrogen and oxygen atoms in total. The highest BCUT2D eigenvalue weighted by Gasteiger charge is 2.51. The molecule has 3 aliphatic heterocycles. The van der Waals surface area contributed by atoms with Gasteiger partial charge in [-0.1, -0.05) is 0 Å². The molecule has 1 spiro atoms. The first-order valence-electron chi connectivity index (χ1n) is 8.92. The molecule has 4 rings (SSSR count). The first kappa shape index (κ1) is 17.0. The smallest absolute Gasteiger partial charge is 0.312 e. The van der Waals surface area contributed by atoms with Gasteiger partial charge in [-0.3, -0.25) is 14.8 Å². The van der Waals surface area contributed by atoms with Crippen LogP contribution in [-0.4, -0.2) is 72.6 Å². The zero-order chi connectivity index (χ0) is 17.5. The summed E-state index contributed by atoms with van der Waals surface area (Å²) in [6.07, 6.45) is 6.84. The first-order chi connectivity index (χ1) is 12.0. The molecule has 3 aliphatic rings. The summed E-state index contributed by atoms with van der Waals surface area (Å²) in [5.74, 6) is -0.142. The predicted octanol–water partition coefficient (Wildman–Crippen LogP) is 0.592. The highest BCUT2D eigenvalue weighted by atomic mass is 32.2. The number of cyclic esters (lactones) is 1. The summed E-state index contributed by atoms with van der Waals surface area (Å²) in [6.45, 7) is 3.66. The van der Waals surface area contributed by atoms with Crippen molar-refractivity contribution in [3.8, 4) is 0 Å². The number of H-pyrrole nitrogens is 1. The summed E-state index contributed by atoms with van der Waals surface area (Å²) in [5.41, 5.74) is -0.507. The lowest BCUT2D eigenvalue weighted by Crippen LogP contribution is -2.45. The molecule has 25 heavy (non-hydrogen) atoms. The van der Waals surface area contributed by atoms with Crippen molar-refractivity contribution in [3.63, 3.8) is 0 Å². The summed E-state index contributed by atoms with van der Waals surface area (Å²) >= 11 is 0. The minimum Gasteiger partial charge on any atom is -0.461 e. The average Bonchev–Trinajstić information content (AvgIpc) is 3.32. The molecule has 0 aliphatic carbocycles. The number of nitrogens with zero attached hydrogens (tertiary/aromatic N) is 3. The Morgan fingerprint density at radius 3 is 2.60 bits per heavy atom. The van der Waals surface area contributed by atoms with Crippen LogP contribution in [0.1, 0.15) is 32.1 Å². The Morgan fingerprint density at radius 1 is 1.24 bits per heavy atom. The second-order valence-electron chi connectivity index (χ2n) is 7.36. The third-order valence-corrected chi connectivity index (χ3v) is 7.64. The number of hydrogen-bond donors (Lipinski definition) is 1. The van der Waals surface area contributed by atoms with E-state index >= 15 is 0 Å². The molecular weight excluding hydrogens is 344 g/mol. The normalized spacial score (nSPS) is 27.8. The highest BCUT2D eigenvalue weighted by molar-refractivity contribution is 7.89. The summed E-state index contributed by atoms with van der Waals surface area (Å²) in [5, 5.41) is 6.25. The Balaban J connectivity index is 1.40. The molecule has 0 aromatic carbocycles. The number of carbonyl (C=O) groups is 1. The number of sulfonamides is 1. The number of carbonyl (C=O) groups excluding carboxylic acids is 1. The van der Waals surface area contributed by atoms with Crippen molar-refractivity contribution in [2.75, 3.05) is 32.7 Å². The van der Waals surface area contributed by atoms with Gasteiger partial charge in [-0.2, -0.15) is 9.40 Å². The molecule has 9 heteroatoms. The molecule has 1 atom stereocenters. The van der Waals surface area contributed by atoms with Gasteiger partial charge in [0.25, 0.3) is 0 Å². The Labute approximate surface area is 147 Å². The van der Waals surface area contributed by atoms with Gasteiger partial charge < -0.3 is 4.74 Å². The lowest BCUT2D eigenvalue weighted by Gasteiger charge is -2.35. The van der Waals surface area contributed by atoms with Crippen molar-refractivity contribution >= 4 is 16.0 Å². The van der Waals surface area contributed by atoms with E-state index in [1.54, 1.807) is 0 Å². The molecule has 0 bridgehead atoms. The van der Waals surface area contributed by atoms with E-state index in [0.717, 1.165) is 19.6 Å². The minimum atomic E-state index is -3.54. The maximum atomic E-state index is 12.6. The zero-order valence-electron chi connectivity index (χ0n) is 14.2. The largest absolute Gasteiger partial charge is 0.461 e. The van der Waals surface area contributed by atoms with E-state index in [1.807, 2.05) is 0 Å². The average molecular weight is 368 g/mol. The minimum absolute atomic E-state index is 0.0531. The summed E-state index contributed by atoms with van der Waals surface area (Å²) < 4.78 is 32.2. The van der Waals surface area contributed by atoms with Gasteiger partial charge in [-0.15, -0.1) is 0 Å². The molecule has 0 amide bonds. The number of esters is 1. The quantitative estimate of drug-likeness (QED) is 0.782. The second kappa shape index (κ2) is 6.37. The molecule has 3 saturated heterocycles. The molecule has 138 valence electrons. The van der Waals surface area contributed by atoms with E-state index in [4.69, 9.17) is 4.74 Å². The van der Waals surface area contributed by atoms with Gasteiger partial charge in [-0.25, -0.2) is 8.42 Å². The maximum absolute atomic E-state index is 12.6. The third-order valence-electron chi connectivity index (χ3n) is 5.78. The van der Waals surface area contributed by atoms with E-state index in [2.05, 4.69) is 15.1 Å². The number of hydrogen-bond acceptors (Lipinski definition) is 6. The fourth-order valence-electron chi connectivity index (χ4n) is 4.28. The van der Waals surface area contributed by atoms with E-state index in [0.29, 0.717) is 32.4 Å². The van der Waals surface area contributed by atoms with Crippen molar-refractivity contribution in [1.82, 2.24) is 19.4 Å². The number of piperidine rings is 1. The SMILES string of the molecule is O=C1OC(CN2CCCC2)CC12CCN(S(=O)(=O)c1cn[nH]c1)CC2. The number of rotatable bonds is 4. The van der Waals surface area contributed by atoms with Crippen LogP contribution in [0.4, 0.5) is 0 Å². The first-order valence-corrected chi connectivity index (χ1v) is 10.4. The van der Waals surface area contributed by atoms with Gasteiger partial charge in [0.1, 0.15) is 11.0 Å².